The quantitative estimate of drug-likeness (QED) is 0.913. The van der Waals surface area contributed by atoms with Crippen LogP contribution >= 0.6 is 15.9 Å². The Bertz CT molecular complexity index is 363. The lowest BCUT2D eigenvalue weighted by atomic mass is 10.00. The summed E-state index contributed by atoms with van der Waals surface area (Å²) >= 11 is 3.53. The van der Waals surface area contributed by atoms with Crippen LogP contribution in [0.1, 0.15) is 24.0 Å². The lowest BCUT2D eigenvalue weighted by molar-refractivity contribution is 0.0699. The van der Waals surface area contributed by atoms with Crippen molar-refractivity contribution in [1.82, 2.24) is 0 Å². The van der Waals surface area contributed by atoms with Gasteiger partial charge in [0.05, 0.1) is 0 Å². The van der Waals surface area contributed by atoms with Crippen LogP contribution in [-0.2, 0) is 4.74 Å². The maximum Gasteiger partial charge on any atom is 0.0469 e. The predicted octanol–water partition coefficient (Wildman–Crippen LogP) is 3.90. The van der Waals surface area contributed by atoms with Gasteiger partial charge in [-0.2, -0.15) is 0 Å². The summed E-state index contributed by atoms with van der Waals surface area (Å²) in [4.78, 5) is 0. The molecule has 0 saturated carbocycles. The number of benzene rings is 1. The van der Waals surface area contributed by atoms with Crippen LogP contribution in [0.5, 0.6) is 0 Å². The summed E-state index contributed by atoms with van der Waals surface area (Å²) < 4.78 is 6.54. The number of rotatable bonds is 3. The van der Waals surface area contributed by atoms with Crippen molar-refractivity contribution >= 4 is 21.6 Å². The van der Waals surface area contributed by atoms with Gasteiger partial charge in [0.2, 0.25) is 0 Å². The van der Waals surface area contributed by atoms with E-state index in [2.05, 4.69) is 47.2 Å². The molecule has 0 atom stereocenters. The second-order valence-electron chi connectivity index (χ2n) is 4.85. The van der Waals surface area contributed by atoms with Crippen molar-refractivity contribution in [1.29, 1.82) is 0 Å². The van der Waals surface area contributed by atoms with Crippen LogP contribution in [0.3, 0.4) is 0 Å². The largest absolute Gasteiger partial charge is 0.384 e. The Morgan fingerprint density at radius 2 is 1.82 bits per heavy atom. The van der Waals surface area contributed by atoms with Gasteiger partial charge in [-0.25, -0.2) is 0 Å². The van der Waals surface area contributed by atoms with Gasteiger partial charge in [0, 0.05) is 29.9 Å². The second kappa shape index (κ2) is 5.87. The fourth-order valence-corrected chi connectivity index (χ4v) is 3.07. The molecule has 0 spiro atoms. The highest BCUT2D eigenvalue weighted by Gasteiger charge is 2.14. The molecule has 0 amide bonds. The van der Waals surface area contributed by atoms with Crippen LogP contribution in [0, 0.1) is 19.8 Å². The van der Waals surface area contributed by atoms with Gasteiger partial charge in [0.15, 0.2) is 0 Å². The molecule has 1 fully saturated rings. The molecule has 0 aromatic heterocycles. The third-order valence-corrected chi connectivity index (χ3v) is 3.86. The van der Waals surface area contributed by atoms with Crippen LogP contribution in [0.2, 0.25) is 0 Å². The number of anilines is 1. The van der Waals surface area contributed by atoms with E-state index < -0.39 is 0 Å². The Kier molecular flexibility index (Phi) is 4.46. The zero-order valence-corrected chi connectivity index (χ0v) is 12.1. The maximum absolute atomic E-state index is 5.38. The molecule has 2 nitrogen and oxygen atoms in total. The summed E-state index contributed by atoms with van der Waals surface area (Å²) in [6.45, 7) is 7.22. The van der Waals surface area contributed by atoms with Crippen molar-refractivity contribution < 1.29 is 4.74 Å². The summed E-state index contributed by atoms with van der Waals surface area (Å²) in [5.41, 5.74) is 3.91. The number of ether oxygens (including phenoxy) is 1. The highest BCUT2D eigenvalue weighted by molar-refractivity contribution is 9.10. The third kappa shape index (κ3) is 3.46. The number of nitrogens with one attached hydrogen (secondary N) is 1. The zero-order valence-electron chi connectivity index (χ0n) is 10.6. The van der Waals surface area contributed by atoms with E-state index in [9.17, 15) is 0 Å². The van der Waals surface area contributed by atoms with E-state index in [1.54, 1.807) is 0 Å². The molecule has 94 valence electrons. The minimum atomic E-state index is 0.756. The first kappa shape index (κ1) is 12.9. The van der Waals surface area contributed by atoms with E-state index in [-0.39, 0.29) is 0 Å². The molecule has 1 N–H and O–H groups in total. The monoisotopic (exact) mass is 297 g/mol. The molecule has 0 radical (unpaired) electrons. The first-order chi connectivity index (χ1) is 8.16. The van der Waals surface area contributed by atoms with Crippen molar-refractivity contribution in [2.75, 3.05) is 25.1 Å². The van der Waals surface area contributed by atoms with Gasteiger partial charge >= 0.3 is 0 Å². The molecule has 0 unspecified atom stereocenters. The molecular weight excluding hydrogens is 278 g/mol. The third-order valence-electron chi connectivity index (χ3n) is 3.41. The van der Waals surface area contributed by atoms with E-state index in [4.69, 9.17) is 4.74 Å². The van der Waals surface area contributed by atoms with Gasteiger partial charge in [0.25, 0.3) is 0 Å². The lowest BCUT2D eigenvalue weighted by Gasteiger charge is -2.23. The van der Waals surface area contributed by atoms with E-state index in [1.807, 2.05) is 0 Å². The second-order valence-corrected chi connectivity index (χ2v) is 5.77. The van der Waals surface area contributed by atoms with Gasteiger partial charge in [-0.3, -0.25) is 0 Å². The summed E-state index contributed by atoms with van der Waals surface area (Å²) in [5, 5.41) is 3.60. The van der Waals surface area contributed by atoms with Gasteiger partial charge in [-0.1, -0.05) is 15.9 Å². The highest BCUT2D eigenvalue weighted by atomic mass is 79.9. The standard InChI is InChI=1S/C14H20BrNO/c1-10-7-13(15)8-11(2)14(10)16-9-12-3-5-17-6-4-12/h7-8,12,16H,3-6,9H2,1-2H3. The van der Waals surface area contributed by atoms with Crippen LogP contribution < -0.4 is 5.32 Å². The van der Waals surface area contributed by atoms with Gasteiger partial charge < -0.3 is 10.1 Å². The van der Waals surface area contributed by atoms with Gasteiger partial charge in [-0.05, 0) is 55.9 Å². The average Bonchev–Trinajstić information content (AvgIpc) is 2.29. The maximum atomic E-state index is 5.38. The summed E-state index contributed by atoms with van der Waals surface area (Å²) in [6.07, 6.45) is 2.36. The molecule has 1 aliphatic heterocycles. The molecule has 2 rings (SSSR count). The van der Waals surface area contributed by atoms with Crippen LogP contribution in [-0.4, -0.2) is 19.8 Å². The fourth-order valence-electron chi connectivity index (χ4n) is 2.39. The lowest BCUT2D eigenvalue weighted by Crippen LogP contribution is -2.23. The molecule has 1 saturated heterocycles. The van der Waals surface area contributed by atoms with Crippen LogP contribution in [0.25, 0.3) is 0 Å². The first-order valence-electron chi connectivity index (χ1n) is 6.25. The van der Waals surface area contributed by atoms with Crippen molar-refractivity contribution in [3.05, 3.63) is 27.7 Å². The molecule has 1 aromatic carbocycles. The Balaban J connectivity index is 1.98. The Morgan fingerprint density at radius 3 is 2.41 bits per heavy atom. The molecular formula is C14H20BrNO. The molecule has 1 aliphatic rings. The summed E-state index contributed by atoms with van der Waals surface area (Å²) in [7, 11) is 0. The van der Waals surface area contributed by atoms with E-state index in [0.29, 0.717) is 0 Å². The van der Waals surface area contributed by atoms with Crippen molar-refractivity contribution in [3.8, 4) is 0 Å². The predicted molar refractivity (Wildman–Crippen MR) is 75.6 cm³/mol. The van der Waals surface area contributed by atoms with Crippen molar-refractivity contribution in [3.63, 3.8) is 0 Å². The molecule has 0 bridgehead atoms. The minimum Gasteiger partial charge on any atom is -0.384 e. The SMILES string of the molecule is Cc1cc(Br)cc(C)c1NCC1CCOCC1. The molecule has 17 heavy (non-hydrogen) atoms. The van der Waals surface area contributed by atoms with Gasteiger partial charge in [-0.15, -0.1) is 0 Å². The fraction of sp³-hybridized carbons (Fsp3) is 0.571. The molecule has 1 heterocycles. The Labute approximate surface area is 112 Å². The zero-order chi connectivity index (χ0) is 12.3. The van der Waals surface area contributed by atoms with E-state index in [1.165, 1.54) is 29.7 Å². The number of halogens is 1. The first-order valence-corrected chi connectivity index (χ1v) is 7.04. The number of hydrogen-bond donors (Lipinski definition) is 1. The van der Waals surface area contributed by atoms with Crippen molar-refractivity contribution in [2.45, 2.75) is 26.7 Å². The van der Waals surface area contributed by atoms with Crippen LogP contribution in [0.4, 0.5) is 5.69 Å². The van der Waals surface area contributed by atoms with Crippen molar-refractivity contribution in [2.24, 2.45) is 5.92 Å². The van der Waals surface area contributed by atoms with E-state index >= 15 is 0 Å². The highest BCUT2D eigenvalue weighted by Crippen LogP contribution is 2.26. The summed E-state index contributed by atoms with van der Waals surface area (Å²) in [5.74, 6) is 0.756. The molecule has 1 aromatic rings. The Hall–Kier alpha value is -0.540. The smallest absolute Gasteiger partial charge is 0.0469 e. The Morgan fingerprint density at radius 1 is 1.24 bits per heavy atom. The number of aryl methyl sites for hydroxylation is 2. The summed E-state index contributed by atoms with van der Waals surface area (Å²) in [6, 6.07) is 4.33. The van der Waals surface area contributed by atoms with E-state index in [0.717, 1.165) is 30.1 Å². The van der Waals surface area contributed by atoms with Crippen LogP contribution in [0.15, 0.2) is 16.6 Å². The number of hydrogen-bond acceptors (Lipinski definition) is 2. The molecule has 0 aliphatic carbocycles. The average molecular weight is 298 g/mol. The van der Waals surface area contributed by atoms with Gasteiger partial charge in [0.1, 0.15) is 0 Å². The normalized spacial score (nSPS) is 17.1. The minimum absolute atomic E-state index is 0.756. The topological polar surface area (TPSA) is 21.3 Å². The molecule has 3 heteroatoms.